The molecule has 0 saturated carbocycles. The first-order chi connectivity index (χ1) is 12.8. The highest BCUT2D eigenvalue weighted by atomic mass is 32.2. The Morgan fingerprint density at radius 3 is 2.30 bits per heavy atom. The van der Waals surface area contributed by atoms with Crippen LogP contribution in [-0.4, -0.2) is 19.5 Å². The van der Waals surface area contributed by atoms with Crippen molar-refractivity contribution in [2.75, 3.05) is 0 Å². The van der Waals surface area contributed by atoms with Gasteiger partial charge in [-0.15, -0.1) is 0 Å². The largest absolute Gasteiger partial charge is 0.491 e. The van der Waals surface area contributed by atoms with E-state index in [-0.39, 0.29) is 17.5 Å². The fourth-order valence-electron chi connectivity index (χ4n) is 2.52. The third-order valence-corrected chi connectivity index (χ3v) is 5.26. The van der Waals surface area contributed by atoms with Crippen LogP contribution in [0, 0.1) is 6.92 Å². The maximum atomic E-state index is 12.5. The topological polar surface area (TPSA) is 81.4 Å². The Morgan fingerprint density at radius 1 is 1.07 bits per heavy atom. The van der Waals surface area contributed by atoms with E-state index in [1.165, 1.54) is 0 Å². The van der Waals surface area contributed by atoms with Crippen LogP contribution in [0.4, 0.5) is 0 Å². The van der Waals surface area contributed by atoms with E-state index >= 15 is 0 Å². The van der Waals surface area contributed by atoms with Gasteiger partial charge in [-0.2, -0.15) is 0 Å². The second-order valence-electron chi connectivity index (χ2n) is 6.41. The zero-order chi connectivity index (χ0) is 19.4. The molecule has 0 fully saturated rings. The summed E-state index contributed by atoms with van der Waals surface area (Å²) in [5.74, 6) is 1.32. The van der Waals surface area contributed by atoms with E-state index in [9.17, 15) is 8.42 Å². The minimum Gasteiger partial charge on any atom is -0.491 e. The third-order valence-electron chi connectivity index (χ3n) is 3.84. The Balaban J connectivity index is 1.66. The molecule has 1 aromatic heterocycles. The standard InChI is InChI=1S/C20H22N2O4S/c1-14(2)26-18-8-4-16(5-9-18)12-21-27(23,24)19-10-6-17(7-11-19)20-13-25-15(3)22-20/h4-11,13-14,21H,12H2,1-3H3. The van der Waals surface area contributed by atoms with Crippen molar-refractivity contribution < 1.29 is 17.6 Å². The van der Waals surface area contributed by atoms with Crippen molar-refractivity contribution in [2.24, 2.45) is 0 Å². The molecule has 27 heavy (non-hydrogen) atoms. The molecule has 0 saturated heterocycles. The predicted octanol–water partition coefficient (Wildman–Crippen LogP) is 3.92. The van der Waals surface area contributed by atoms with Crippen LogP contribution in [0.15, 0.2) is 64.1 Å². The zero-order valence-electron chi connectivity index (χ0n) is 15.5. The number of hydrogen-bond donors (Lipinski definition) is 1. The SMILES string of the molecule is Cc1nc(-c2ccc(S(=O)(=O)NCc3ccc(OC(C)C)cc3)cc2)co1. The molecule has 0 aliphatic heterocycles. The summed E-state index contributed by atoms with van der Waals surface area (Å²) < 4.78 is 38.4. The minimum atomic E-state index is -3.61. The molecule has 7 heteroatoms. The molecule has 0 bridgehead atoms. The smallest absolute Gasteiger partial charge is 0.240 e. The number of aryl methyl sites for hydroxylation is 1. The Kier molecular flexibility index (Phi) is 5.62. The number of ether oxygens (including phenoxy) is 1. The van der Waals surface area contributed by atoms with Crippen molar-refractivity contribution in [3.05, 3.63) is 66.2 Å². The van der Waals surface area contributed by atoms with Gasteiger partial charge in [-0.25, -0.2) is 18.1 Å². The highest BCUT2D eigenvalue weighted by molar-refractivity contribution is 7.89. The molecule has 0 aliphatic rings. The molecule has 1 heterocycles. The molecule has 1 N–H and O–H groups in total. The maximum absolute atomic E-state index is 12.5. The Labute approximate surface area is 159 Å². The molecule has 3 rings (SSSR count). The van der Waals surface area contributed by atoms with E-state index in [4.69, 9.17) is 9.15 Å². The fourth-order valence-corrected chi connectivity index (χ4v) is 3.54. The normalized spacial score (nSPS) is 11.7. The summed E-state index contributed by atoms with van der Waals surface area (Å²) in [4.78, 5) is 4.43. The van der Waals surface area contributed by atoms with Gasteiger partial charge < -0.3 is 9.15 Å². The maximum Gasteiger partial charge on any atom is 0.240 e. The number of sulfonamides is 1. The number of nitrogens with zero attached hydrogens (tertiary/aromatic N) is 1. The number of aromatic nitrogens is 1. The van der Waals surface area contributed by atoms with Crippen molar-refractivity contribution in [3.8, 4) is 17.0 Å². The Morgan fingerprint density at radius 2 is 1.74 bits per heavy atom. The molecular formula is C20H22N2O4S. The third kappa shape index (κ3) is 4.96. The molecule has 0 atom stereocenters. The number of hydrogen-bond acceptors (Lipinski definition) is 5. The van der Waals surface area contributed by atoms with Gasteiger partial charge in [0.1, 0.15) is 17.7 Å². The molecule has 0 aliphatic carbocycles. The first-order valence-corrected chi connectivity index (χ1v) is 10.1. The zero-order valence-corrected chi connectivity index (χ0v) is 16.3. The summed E-state index contributed by atoms with van der Waals surface area (Å²) in [6, 6.07) is 13.9. The predicted molar refractivity (Wildman–Crippen MR) is 103 cm³/mol. The summed E-state index contributed by atoms with van der Waals surface area (Å²) in [5, 5.41) is 0. The second-order valence-corrected chi connectivity index (χ2v) is 8.18. The number of oxazole rings is 1. The van der Waals surface area contributed by atoms with Crippen molar-refractivity contribution >= 4 is 10.0 Å². The van der Waals surface area contributed by atoms with Crippen LogP contribution in [0.25, 0.3) is 11.3 Å². The number of nitrogens with one attached hydrogen (secondary N) is 1. The van der Waals surface area contributed by atoms with Crippen LogP contribution >= 0.6 is 0 Å². The number of benzene rings is 2. The lowest BCUT2D eigenvalue weighted by Gasteiger charge is -2.11. The van der Waals surface area contributed by atoms with Gasteiger partial charge in [0.15, 0.2) is 5.89 Å². The van der Waals surface area contributed by atoms with Crippen molar-refractivity contribution in [2.45, 2.75) is 38.3 Å². The van der Waals surface area contributed by atoms with Gasteiger partial charge in [0.2, 0.25) is 10.0 Å². The van der Waals surface area contributed by atoms with Crippen molar-refractivity contribution in [1.29, 1.82) is 0 Å². The fraction of sp³-hybridized carbons (Fsp3) is 0.250. The van der Waals surface area contributed by atoms with E-state index in [2.05, 4.69) is 9.71 Å². The molecule has 0 radical (unpaired) electrons. The van der Waals surface area contributed by atoms with Gasteiger partial charge in [0.25, 0.3) is 0 Å². The highest BCUT2D eigenvalue weighted by Crippen LogP contribution is 2.21. The van der Waals surface area contributed by atoms with Gasteiger partial charge in [-0.3, -0.25) is 0 Å². The summed E-state index contributed by atoms with van der Waals surface area (Å²) >= 11 is 0. The Bertz CT molecular complexity index is 991. The van der Waals surface area contributed by atoms with Gasteiger partial charge in [0.05, 0.1) is 11.0 Å². The lowest BCUT2D eigenvalue weighted by Crippen LogP contribution is -2.23. The molecule has 2 aromatic carbocycles. The Hall–Kier alpha value is -2.64. The van der Waals surface area contributed by atoms with Crippen LogP contribution in [-0.2, 0) is 16.6 Å². The number of rotatable bonds is 7. The van der Waals surface area contributed by atoms with Gasteiger partial charge in [-0.1, -0.05) is 24.3 Å². The molecule has 0 spiro atoms. The molecule has 0 unspecified atom stereocenters. The first kappa shape index (κ1) is 19.1. The van der Waals surface area contributed by atoms with E-state index in [0.29, 0.717) is 11.6 Å². The highest BCUT2D eigenvalue weighted by Gasteiger charge is 2.14. The van der Waals surface area contributed by atoms with Crippen molar-refractivity contribution in [3.63, 3.8) is 0 Å². The van der Waals surface area contributed by atoms with Crippen LogP contribution < -0.4 is 9.46 Å². The van der Waals surface area contributed by atoms with Crippen LogP contribution in [0.1, 0.15) is 25.3 Å². The summed E-state index contributed by atoms with van der Waals surface area (Å²) in [6.45, 7) is 5.87. The van der Waals surface area contributed by atoms with Gasteiger partial charge in [-0.05, 0) is 43.7 Å². The first-order valence-electron chi connectivity index (χ1n) is 8.61. The van der Waals surface area contributed by atoms with Gasteiger partial charge in [0, 0.05) is 19.0 Å². The average Bonchev–Trinajstić information content (AvgIpc) is 3.07. The minimum absolute atomic E-state index is 0.0958. The lowest BCUT2D eigenvalue weighted by atomic mass is 10.2. The monoisotopic (exact) mass is 386 g/mol. The van der Waals surface area contributed by atoms with Crippen LogP contribution in [0.5, 0.6) is 5.75 Å². The molecular weight excluding hydrogens is 364 g/mol. The van der Waals surface area contributed by atoms with E-state index in [1.807, 2.05) is 38.1 Å². The van der Waals surface area contributed by atoms with E-state index in [0.717, 1.165) is 16.9 Å². The van der Waals surface area contributed by atoms with Gasteiger partial charge >= 0.3 is 0 Å². The molecule has 0 amide bonds. The summed E-state index contributed by atoms with van der Waals surface area (Å²) in [5.41, 5.74) is 2.32. The van der Waals surface area contributed by atoms with Crippen LogP contribution in [0.3, 0.4) is 0 Å². The second kappa shape index (κ2) is 7.94. The molecule has 142 valence electrons. The van der Waals surface area contributed by atoms with E-state index in [1.54, 1.807) is 37.5 Å². The molecule has 3 aromatic rings. The summed E-state index contributed by atoms with van der Waals surface area (Å²) in [7, 11) is -3.61. The summed E-state index contributed by atoms with van der Waals surface area (Å²) in [6.07, 6.45) is 1.64. The average molecular weight is 386 g/mol. The van der Waals surface area contributed by atoms with E-state index < -0.39 is 10.0 Å². The lowest BCUT2D eigenvalue weighted by molar-refractivity contribution is 0.242. The van der Waals surface area contributed by atoms with Crippen molar-refractivity contribution in [1.82, 2.24) is 9.71 Å². The van der Waals surface area contributed by atoms with Crippen LogP contribution in [0.2, 0.25) is 0 Å². The molecule has 6 nitrogen and oxygen atoms in total. The quantitative estimate of drug-likeness (QED) is 0.666.